The van der Waals surface area contributed by atoms with E-state index in [2.05, 4.69) is 53.0 Å². The van der Waals surface area contributed by atoms with Gasteiger partial charge in [0.25, 0.3) is 12.3 Å². The van der Waals surface area contributed by atoms with E-state index in [1.165, 1.54) is 0 Å². The number of anilines is 3. The molecule has 5 aliphatic rings. The van der Waals surface area contributed by atoms with Crippen LogP contribution < -0.4 is 19.9 Å². The van der Waals surface area contributed by atoms with Crippen LogP contribution in [-0.4, -0.2) is 109 Å². The van der Waals surface area contributed by atoms with Gasteiger partial charge in [-0.25, -0.2) is 8.78 Å². The van der Waals surface area contributed by atoms with Crippen molar-refractivity contribution < 1.29 is 23.1 Å². The number of hydrogen-bond acceptors (Lipinski definition) is 11. The van der Waals surface area contributed by atoms with Gasteiger partial charge < -0.3 is 29.7 Å². The monoisotopic (exact) mass is 974 g/mol. The molecule has 15 nitrogen and oxygen atoms in total. The Hall–Kier alpha value is -6.12. The average Bonchev–Trinajstić information content (AvgIpc) is 3.98. The highest BCUT2D eigenvalue weighted by atomic mass is 35.5. The Balaban J connectivity index is 0.735. The zero-order valence-corrected chi connectivity index (χ0v) is 40.9. The number of hydrogen-bond donors (Lipinski definition) is 1. The van der Waals surface area contributed by atoms with Crippen LogP contribution in [0.15, 0.2) is 54.9 Å². The molecule has 0 radical (unpaired) electrons. The average molecular weight is 976 g/mol. The molecule has 2 atom stereocenters. The van der Waals surface area contributed by atoms with E-state index < -0.39 is 6.43 Å². The maximum absolute atomic E-state index is 14.8. The Morgan fingerprint density at radius 2 is 1.79 bits per heavy atom. The quantitative estimate of drug-likeness (QED) is 0.136. The Labute approximate surface area is 412 Å². The fraction of sp³-hybridized carbons (Fsp3) is 0.519. The number of carbonyl (C=O) groups excluding carboxylic acids is 2. The summed E-state index contributed by atoms with van der Waals surface area (Å²) < 4.78 is 39.6. The number of rotatable bonds is 11. The number of ether oxygens (including phenoxy) is 1. The number of aryl methyl sites for hydroxylation is 2. The summed E-state index contributed by atoms with van der Waals surface area (Å²) in [6.07, 6.45) is 9.22. The molecule has 4 aliphatic heterocycles. The predicted octanol–water partition coefficient (Wildman–Crippen LogP) is 8.44. The molecule has 7 heterocycles. The smallest absolute Gasteiger partial charge is 0.272 e. The van der Waals surface area contributed by atoms with Crippen LogP contribution in [0, 0.1) is 23.2 Å². The SMILES string of the molecule is CC(=O)N1CCc2c(c(N3CCCc4cc(-c5cnn(C)c5)c(C(F)F)cc43)nn2C2CCN(C[C@H]3CCN(c4ccc(C(=O)NC5CCC(Oc6ccc(C#N)c(Cl)c6)CC5)nn4)C[C@@H]3C)CC2)C1. The first-order chi connectivity index (χ1) is 33.9. The number of carbonyl (C=O) groups is 2. The number of alkyl halides is 2. The molecule has 3 aromatic heterocycles. The Kier molecular flexibility index (Phi) is 13.8. The molecular formula is C52H61ClF2N12O3. The number of fused-ring (bicyclic) bond motifs is 2. The Bertz CT molecular complexity index is 2760. The maximum atomic E-state index is 14.8. The van der Waals surface area contributed by atoms with Crippen LogP contribution in [0.25, 0.3) is 11.1 Å². The normalized spacial score (nSPS) is 22.1. The van der Waals surface area contributed by atoms with Gasteiger partial charge in [0.05, 0.1) is 35.5 Å². The van der Waals surface area contributed by atoms with Gasteiger partial charge in [-0.3, -0.25) is 19.0 Å². The summed E-state index contributed by atoms with van der Waals surface area (Å²) in [5, 5.41) is 31.1. The minimum Gasteiger partial charge on any atom is -0.490 e. The third-order valence-corrected chi connectivity index (χ3v) is 15.8. The zero-order chi connectivity index (χ0) is 48.6. The summed E-state index contributed by atoms with van der Waals surface area (Å²) in [4.78, 5) is 34.8. The van der Waals surface area contributed by atoms with E-state index in [1.807, 2.05) is 17.0 Å². The first kappa shape index (κ1) is 47.6. The summed E-state index contributed by atoms with van der Waals surface area (Å²) in [5.41, 5.74) is 5.88. The van der Waals surface area contributed by atoms with E-state index >= 15 is 0 Å². The fourth-order valence-electron chi connectivity index (χ4n) is 11.5. The Morgan fingerprint density at radius 3 is 2.47 bits per heavy atom. The molecule has 2 saturated heterocycles. The highest BCUT2D eigenvalue weighted by Gasteiger charge is 2.36. The minimum atomic E-state index is -2.66. The number of aromatic nitrogens is 6. The van der Waals surface area contributed by atoms with Gasteiger partial charge in [-0.2, -0.15) is 15.5 Å². The number of nitriles is 1. The Morgan fingerprint density at radius 1 is 0.971 bits per heavy atom. The lowest BCUT2D eigenvalue weighted by molar-refractivity contribution is -0.129. The second-order valence-corrected chi connectivity index (χ2v) is 20.4. The van der Waals surface area contributed by atoms with Crippen LogP contribution in [0.2, 0.25) is 5.02 Å². The van der Waals surface area contributed by atoms with Crippen LogP contribution in [0.5, 0.6) is 5.75 Å². The van der Waals surface area contributed by atoms with Gasteiger partial charge in [-0.15, -0.1) is 10.2 Å². The third kappa shape index (κ3) is 9.94. The molecule has 70 heavy (non-hydrogen) atoms. The van der Waals surface area contributed by atoms with Gasteiger partial charge in [0.15, 0.2) is 17.3 Å². The summed E-state index contributed by atoms with van der Waals surface area (Å²) in [6.45, 7) is 10.4. The van der Waals surface area contributed by atoms with Crippen molar-refractivity contribution >= 4 is 40.7 Å². The number of likely N-dealkylation sites (tertiary alicyclic amines) is 1. The van der Waals surface area contributed by atoms with Crippen molar-refractivity contribution in [2.45, 2.75) is 109 Å². The standard InChI is InChI=1S/C52H61ClF2N12O3/c1-32-28-65(49-13-12-46(59-60-49)52(69)58-38-7-10-40(11-8-38)70-41-9-6-35(26-56)45(53)24-41)21-14-36(32)30-63-19-15-39(16-20-63)67-47-17-22-64(33(2)68)31-44(47)51(61-67)66-18-4-5-34-23-42(37-27-57-62(3)29-37)43(50(54)55)25-48(34)66/h6,9,12-13,23-25,27,29,32,36,38-40,50H,4-5,7-8,10-11,14-22,28,30-31H2,1-3H3,(H,58,69)/t32-,36+,38?,40?/m0/s1. The summed E-state index contributed by atoms with van der Waals surface area (Å²) >= 11 is 6.18. The lowest BCUT2D eigenvalue weighted by Gasteiger charge is -2.41. The molecule has 10 rings (SSSR count). The van der Waals surface area contributed by atoms with Gasteiger partial charge in [0.1, 0.15) is 11.8 Å². The molecule has 1 N–H and O–H groups in total. The first-order valence-corrected chi connectivity index (χ1v) is 25.3. The molecule has 368 valence electrons. The van der Waals surface area contributed by atoms with Crippen molar-refractivity contribution in [3.8, 4) is 22.9 Å². The van der Waals surface area contributed by atoms with Crippen LogP contribution in [-0.2, 0) is 31.2 Å². The third-order valence-electron chi connectivity index (χ3n) is 15.4. The van der Waals surface area contributed by atoms with Crippen molar-refractivity contribution in [3.05, 3.63) is 93.5 Å². The van der Waals surface area contributed by atoms with Crippen LogP contribution >= 0.6 is 11.6 Å². The first-order valence-electron chi connectivity index (χ1n) is 24.9. The van der Waals surface area contributed by atoms with Crippen molar-refractivity contribution in [2.24, 2.45) is 18.9 Å². The van der Waals surface area contributed by atoms with E-state index in [4.69, 9.17) is 26.7 Å². The van der Waals surface area contributed by atoms with Crippen molar-refractivity contribution in [2.75, 3.05) is 55.6 Å². The number of nitrogens with zero attached hydrogens (tertiary/aromatic N) is 11. The number of halogens is 3. The van der Waals surface area contributed by atoms with Crippen molar-refractivity contribution in [1.82, 2.24) is 44.9 Å². The number of piperidine rings is 2. The predicted molar refractivity (Wildman–Crippen MR) is 262 cm³/mol. The van der Waals surface area contributed by atoms with Gasteiger partial charge in [0, 0.05) is 113 Å². The van der Waals surface area contributed by atoms with Gasteiger partial charge in [0.2, 0.25) is 5.91 Å². The van der Waals surface area contributed by atoms with E-state index in [0.29, 0.717) is 71.0 Å². The molecule has 5 aromatic rings. The summed E-state index contributed by atoms with van der Waals surface area (Å²) in [7, 11) is 1.79. The summed E-state index contributed by atoms with van der Waals surface area (Å²) in [5.74, 6) is 2.99. The molecule has 0 spiro atoms. The van der Waals surface area contributed by atoms with Crippen molar-refractivity contribution in [3.63, 3.8) is 0 Å². The summed E-state index contributed by atoms with van der Waals surface area (Å²) in [6, 6.07) is 14.7. The lowest BCUT2D eigenvalue weighted by atomic mass is 9.86. The second-order valence-electron chi connectivity index (χ2n) is 20.0. The van der Waals surface area contributed by atoms with E-state index in [9.17, 15) is 18.4 Å². The van der Waals surface area contributed by atoms with Gasteiger partial charge >= 0.3 is 0 Å². The van der Waals surface area contributed by atoms with E-state index in [-0.39, 0.29) is 35.6 Å². The molecule has 0 bridgehead atoms. The highest BCUT2D eigenvalue weighted by molar-refractivity contribution is 6.31. The minimum absolute atomic E-state index is 0.0129. The van der Waals surface area contributed by atoms with E-state index in [1.54, 1.807) is 61.4 Å². The number of benzene rings is 2. The molecule has 2 aromatic carbocycles. The fourth-order valence-corrected chi connectivity index (χ4v) is 11.7. The zero-order valence-electron chi connectivity index (χ0n) is 40.2. The molecule has 0 unspecified atom stereocenters. The highest BCUT2D eigenvalue weighted by Crippen LogP contribution is 2.44. The second kappa shape index (κ2) is 20.3. The lowest BCUT2D eigenvalue weighted by Crippen LogP contribution is -2.46. The molecule has 3 fully saturated rings. The van der Waals surface area contributed by atoms with E-state index in [0.717, 1.165) is 125 Å². The molecule has 1 saturated carbocycles. The number of nitrogens with one attached hydrogen (secondary N) is 1. The van der Waals surface area contributed by atoms with Gasteiger partial charge in [-0.1, -0.05) is 18.5 Å². The molecule has 18 heteroatoms. The number of amides is 2. The van der Waals surface area contributed by atoms with Crippen molar-refractivity contribution in [1.29, 1.82) is 5.26 Å². The largest absolute Gasteiger partial charge is 0.490 e. The molecule has 1 aliphatic carbocycles. The molecular weight excluding hydrogens is 914 g/mol. The maximum Gasteiger partial charge on any atom is 0.272 e. The van der Waals surface area contributed by atoms with Crippen LogP contribution in [0.1, 0.15) is 116 Å². The van der Waals surface area contributed by atoms with Gasteiger partial charge in [-0.05, 0) is 117 Å². The van der Waals surface area contributed by atoms with Crippen LogP contribution in [0.3, 0.4) is 0 Å². The van der Waals surface area contributed by atoms with Crippen LogP contribution in [0.4, 0.5) is 26.1 Å². The molecule has 2 amide bonds. The topological polar surface area (TPSA) is 154 Å².